The summed E-state index contributed by atoms with van der Waals surface area (Å²) in [5.41, 5.74) is 2.58. The molecule has 1 aromatic heterocycles. The van der Waals surface area contributed by atoms with E-state index in [4.69, 9.17) is 11.6 Å². The number of anilines is 1. The summed E-state index contributed by atoms with van der Waals surface area (Å²) in [5.74, 6) is -0.779. The molecule has 0 spiro atoms. The van der Waals surface area contributed by atoms with Crippen LogP contribution in [0.3, 0.4) is 0 Å². The lowest BCUT2D eigenvalue weighted by Crippen LogP contribution is -2.40. The predicted molar refractivity (Wildman–Crippen MR) is 137 cm³/mol. The second-order valence-corrected chi connectivity index (χ2v) is 9.45. The number of allylic oxidation sites excluding steroid dienone is 1. The highest BCUT2D eigenvalue weighted by Crippen LogP contribution is 2.31. The van der Waals surface area contributed by atoms with Crippen molar-refractivity contribution in [2.75, 3.05) is 5.32 Å². The fraction of sp³-hybridized carbons (Fsp3) is 0.0741. The van der Waals surface area contributed by atoms with Crippen molar-refractivity contribution in [3.05, 3.63) is 132 Å². The summed E-state index contributed by atoms with van der Waals surface area (Å²) in [6.07, 6.45) is 1.77. The van der Waals surface area contributed by atoms with Gasteiger partial charge in [0.05, 0.1) is 21.8 Å². The number of aromatic nitrogens is 1. The van der Waals surface area contributed by atoms with E-state index in [0.717, 1.165) is 5.56 Å². The van der Waals surface area contributed by atoms with Gasteiger partial charge in [-0.2, -0.15) is 0 Å². The third kappa shape index (κ3) is 4.60. The van der Waals surface area contributed by atoms with Gasteiger partial charge in [-0.3, -0.25) is 14.2 Å². The van der Waals surface area contributed by atoms with Crippen LogP contribution in [-0.2, 0) is 4.79 Å². The summed E-state index contributed by atoms with van der Waals surface area (Å²) in [4.78, 5) is 32.1. The van der Waals surface area contributed by atoms with Crippen molar-refractivity contribution < 1.29 is 9.18 Å². The molecule has 0 saturated carbocycles. The molecule has 0 radical (unpaired) electrons. The van der Waals surface area contributed by atoms with E-state index >= 15 is 0 Å². The number of thiazole rings is 1. The number of carbonyl (C=O) groups is 1. The molecule has 8 heteroatoms. The SMILES string of the molecule is CC1=C(C(=O)Nc2ccccc2)[C@H](c2ccc(F)cc2)n2c(s/c(=C\c3ccc(Cl)cc3)c2=O)=N1. The summed E-state index contributed by atoms with van der Waals surface area (Å²) in [6, 6.07) is 21.3. The van der Waals surface area contributed by atoms with Crippen molar-refractivity contribution in [2.24, 2.45) is 4.99 Å². The molecular formula is C27H19ClFN3O2S. The molecule has 1 aliphatic rings. The zero-order valence-corrected chi connectivity index (χ0v) is 20.1. The minimum atomic E-state index is -0.761. The third-order valence-corrected chi connectivity index (χ3v) is 6.89. The summed E-state index contributed by atoms with van der Waals surface area (Å²) >= 11 is 7.22. The minimum absolute atomic E-state index is 0.282. The van der Waals surface area contributed by atoms with Crippen LogP contribution < -0.4 is 20.2 Å². The van der Waals surface area contributed by atoms with Gasteiger partial charge in [0.1, 0.15) is 5.82 Å². The first-order chi connectivity index (χ1) is 16.9. The third-order valence-electron chi connectivity index (χ3n) is 5.65. The lowest BCUT2D eigenvalue weighted by atomic mass is 9.95. The van der Waals surface area contributed by atoms with Gasteiger partial charge in [0, 0.05) is 10.7 Å². The number of carbonyl (C=O) groups excluding carboxylic acids is 1. The van der Waals surface area contributed by atoms with Crippen LogP contribution in [0.25, 0.3) is 6.08 Å². The number of fused-ring (bicyclic) bond motifs is 1. The van der Waals surface area contributed by atoms with Gasteiger partial charge in [0.2, 0.25) is 0 Å². The lowest BCUT2D eigenvalue weighted by Gasteiger charge is -2.25. The molecule has 5 nitrogen and oxygen atoms in total. The van der Waals surface area contributed by atoms with Gasteiger partial charge in [0.15, 0.2) is 4.80 Å². The Balaban J connectivity index is 1.67. The molecule has 5 rings (SSSR count). The van der Waals surface area contributed by atoms with Crippen molar-refractivity contribution in [2.45, 2.75) is 13.0 Å². The Kier molecular flexibility index (Phi) is 6.19. The van der Waals surface area contributed by atoms with Crippen molar-refractivity contribution >= 4 is 40.6 Å². The number of para-hydroxylation sites is 1. The van der Waals surface area contributed by atoms with Gasteiger partial charge in [-0.25, -0.2) is 9.38 Å². The second kappa shape index (κ2) is 9.44. The second-order valence-electron chi connectivity index (χ2n) is 8.01. The van der Waals surface area contributed by atoms with E-state index in [9.17, 15) is 14.0 Å². The van der Waals surface area contributed by atoms with E-state index in [1.165, 1.54) is 28.0 Å². The molecule has 35 heavy (non-hydrogen) atoms. The monoisotopic (exact) mass is 503 g/mol. The fourth-order valence-corrected chi connectivity index (χ4v) is 5.18. The smallest absolute Gasteiger partial charge is 0.271 e. The van der Waals surface area contributed by atoms with Crippen LogP contribution in [0.1, 0.15) is 24.1 Å². The fourth-order valence-electron chi connectivity index (χ4n) is 4.00. The molecular weight excluding hydrogens is 485 g/mol. The maximum absolute atomic E-state index is 13.7. The van der Waals surface area contributed by atoms with Crippen LogP contribution in [-0.4, -0.2) is 10.5 Å². The topological polar surface area (TPSA) is 63.5 Å². The van der Waals surface area contributed by atoms with E-state index in [2.05, 4.69) is 10.3 Å². The van der Waals surface area contributed by atoms with Crippen LogP contribution in [0.2, 0.25) is 5.02 Å². The van der Waals surface area contributed by atoms with Crippen LogP contribution in [0.15, 0.2) is 99.9 Å². The quantitative estimate of drug-likeness (QED) is 0.440. The highest BCUT2D eigenvalue weighted by molar-refractivity contribution is 7.07. The highest BCUT2D eigenvalue weighted by atomic mass is 35.5. The van der Waals surface area contributed by atoms with E-state index in [0.29, 0.717) is 36.9 Å². The molecule has 0 fully saturated rings. The Bertz CT molecular complexity index is 1620. The number of hydrogen-bond donors (Lipinski definition) is 1. The number of halogens is 2. The van der Waals surface area contributed by atoms with Crippen LogP contribution in [0.5, 0.6) is 0 Å². The Morgan fingerprint density at radius 1 is 1.06 bits per heavy atom. The van der Waals surface area contributed by atoms with Crippen LogP contribution in [0, 0.1) is 5.82 Å². The normalized spacial score (nSPS) is 15.5. The number of rotatable bonds is 4. The summed E-state index contributed by atoms with van der Waals surface area (Å²) in [6.45, 7) is 1.74. The molecule has 3 aromatic carbocycles. The van der Waals surface area contributed by atoms with Crippen molar-refractivity contribution in [3.8, 4) is 0 Å². The molecule has 0 saturated heterocycles. The van der Waals surface area contributed by atoms with Crippen molar-refractivity contribution in [1.29, 1.82) is 0 Å². The first-order valence-electron chi connectivity index (χ1n) is 10.8. The minimum Gasteiger partial charge on any atom is -0.322 e. The van der Waals surface area contributed by atoms with Gasteiger partial charge in [-0.1, -0.05) is 65.4 Å². The lowest BCUT2D eigenvalue weighted by molar-refractivity contribution is -0.113. The number of benzene rings is 3. The maximum atomic E-state index is 13.7. The molecule has 0 aliphatic carbocycles. The Hall–Kier alpha value is -3.81. The van der Waals surface area contributed by atoms with E-state index < -0.39 is 11.9 Å². The first kappa shape index (κ1) is 23.0. The molecule has 4 aromatic rings. The van der Waals surface area contributed by atoms with Crippen LogP contribution in [0.4, 0.5) is 10.1 Å². The predicted octanol–water partition coefficient (Wildman–Crippen LogP) is 4.67. The molecule has 174 valence electrons. The molecule has 0 unspecified atom stereocenters. The summed E-state index contributed by atoms with van der Waals surface area (Å²) < 4.78 is 15.7. The molecule has 1 atom stereocenters. The molecule has 0 bridgehead atoms. The average molecular weight is 504 g/mol. The van der Waals surface area contributed by atoms with Crippen molar-refractivity contribution in [3.63, 3.8) is 0 Å². The number of nitrogens with zero attached hydrogens (tertiary/aromatic N) is 2. The summed E-state index contributed by atoms with van der Waals surface area (Å²) in [5, 5.41) is 3.49. The van der Waals surface area contributed by atoms with E-state index in [1.807, 2.05) is 30.3 Å². The molecule has 1 aliphatic heterocycles. The van der Waals surface area contributed by atoms with Gasteiger partial charge in [0.25, 0.3) is 11.5 Å². The van der Waals surface area contributed by atoms with Crippen molar-refractivity contribution in [1.82, 2.24) is 4.57 Å². The largest absolute Gasteiger partial charge is 0.322 e. The Morgan fingerprint density at radius 3 is 2.43 bits per heavy atom. The Morgan fingerprint density at radius 2 is 1.74 bits per heavy atom. The maximum Gasteiger partial charge on any atom is 0.271 e. The molecule has 1 amide bonds. The number of hydrogen-bond acceptors (Lipinski definition) is 4. The van der Waals surface area contributed by atoms with E-state index in [-0.39, 0.29) is 11.5 Å². The first-order valence-corrected chi connectivity index (χ1v) is 12.0. The number of amides is 1. The Labute approximate surface area is 209 Å². The van der Waals surface area contributed by atoms with Gasteiger partial charge >= 0.3 is 0 Å². The van der Waals surface area contributed by atoms with Gasteiger partial charge in [-0.05, 0) is 60.5 Å². The van der Waals surface area contributed by atoms with Crippen LogP contribution >= 0.6 is 22.9 Å². The van der Waals surface area contributed by atoms with E-state index in [1.54, 1.807) is 49.4 Å². The van der Waals surface area contributed by atoms with Gasteiger partial charge < -0.3 is 5.32 Å². The van der Waals surface area contributed by atoms with Gasteiger partial charge in [-0.15, -0.1) is 0 Å². The zero-order valence-electron chi connectivity index (χ0n) is 18.5. The average Bonchev–Trinajstić information content (AvgIpc) is 3.15. The molecule has 2 heterocycles. The standard InChI is InChI=1S/C27H19ClFN3O2S/c1-16-23(25(33)31-21-5-3-2-4-6-21)24(18-9-13-20(29)14-10-18)32-26(34)22(35-27(32)30-16)15-17-7-11-19(28)12-8-17/h2-15,24H,1H3,(H,31,33)/b22-15-/t24-/m0/s1. The number of nitrogens with one attached hydrogen (secondary N) is 1. The zero-order chi connectivity index (χ0) is 24.5. The summed E-state index contributed by atoms with van der Waals surface area (Å²) in [7, 11) is 0. The highest BCUT2D eigenvalue weighted by Gasteiger charge is 2.32. The molecule has 1 N–H and O–H groups in total.